The maximum atomic E-state index is 13.4. The first-order valence-electron chi connectivity index (χ1n) is 8.01. The minimum atomic E-state index is -0.112. The van der Waals surface area contributed by atoms with E-state index in [1.54, 1.807) is 6.07 Å². The predicted octanol–water partition coefficient (Wildman–Crippen LogP) is 2.79. The topological polar surface area (TPSA) is 15.3 Å². The van der Waals surface area contributed by atoms with Crippen molar-refractivity contribution in [1.82, 2.24) is 10.2 Å². The van der Waals surface area contributed by atoms with E-state index in [9.17, 15) is 4.39 Å². The van der Waals surface area contributed by atoms with Crippen LogP contribution in [0.1, 0.15) is 31.2 Å². The lowest BCUT2D eigenvalue weighted by molar-refractivity contribution is 0.100. The van der Waals surface area contributed by atoms with E-state index >= 15 is 0 Å². The zero-order valence-electron chi connectivity index (χ0n) is 11.9. The first kappa shape index (κ1) is 12.8. The van der Waals surface area contributed by atoms with E-state index < -0.39 is 0 Å². The van der Waals surface area contributed by atoms with Crippen LogP contribution in [-0.2, 0) is 6.54 Å². The van der Waals surface area contributed by atoms with E-state index in [0.29, 0.717) is 12.1 Å². The van der Waals surface area contributed by atoms with E-state index in [2.05, 4.69) is 16.3 Å². The van der Waals surface area contributed by atoms with E-state index in [1.165, 1.54) is 31.7 Å². The fraction of sp³-hybridized carbons (Fsp3) is 0.647. The standard InChI is InChI=1S/C17H23FN2/c18-15-3-1-2-12(8-15)10-20-11-16(13-4-5-13)19-9-17(20)14-6-7-14/h1-3,8,13-14,16-17,19H,4-7,9-11H2. The van der Waals surface area contributed by atoms with E-state index in [0.717, 1.165) is 37.0 Å². The van der Waals surface area contributed by atoms with Crippen LogP contribution in [0, 0.1) is 17.7 Å². The second-order valence-electron chi connectivity index (χ2n) is 6.82. The van der Waals surface area contributed by atoms with Gasteiger partial charge in [-0.3, -0.25) is 4.90 Å². The number of halogens is 1. The zero-order valence-corrected chi connectivity index (χ0v) is 11.9. The molecule has 0 bridgehead atoms. The molecule has 1 aliphatic heterocycles. The molecule has 2 unspecified atom stereocenters. The largest absolute Gasteiger partial charge is 0.311 e. The highest BCUT2D eigenvalue weighted by Crippen LogP contribution is 2.40. The van der Waals surface area contributed by atoms with Crippen LogP contribution in [0.15, 0.2) is 24.3 Å². The molecule has 2 aliphatic carbocycles. The lowest BCUT2D eigenvalue weighted by Crippen LogP contribution is -2.57. The maximum absolute atomic E-state index is 13.4. The molecule has 1 aromatic rings. The molecule has 3 fully saturated rings. The summed E-state index contributed by atoms with van der Waals surface area (Å²) < 4.78 is 13.4. The van der Waals surface area contributed by atoms with Crippen LogP contribution in [0.4, 0.5) is 4.39 Å². The van der Waals surface area contributed by atoms with Crippen molar-refractivity contribution in [2.24, 2.45) is 11.8 Å². The van der Waals surface area contributed by atoms with Gasteiger partial charge in [-0.25, -0.2) is 4.39 Å². The number of piperazine rings is 1. The van der Waals surface area contributed by atoms with Crippen molar-refractivity contribution in [2.45, 2.75) is 44.3 Å². The van der Waals surface area contributed by atoms with Gasteiger partial charge in [-0.05, 0) is 55.2 Å². The Morgan fingerprint density at radius 3 is 2.65 bits per heavy atom. The van der Waals surface area contributed by atoms with Crippen molar-refractivity contribution in [3.63, 3.8) is 0 Å². The Labute approximate surface area is 120 Å². The summed E-state index contributed by atoms with van der Waals surface area (Å²) in [5.74, 6) is 1.65. The van der Waals surface area contributed by atoms with Crippen LogP contribution < -0.4 is 5.32 Å². The van der Waals surface area contributed by atoms with Gasteiger partial charge in [-0.2, -0.15) is 0 Å². The molecule has 2 nitrogen and oxygen atoms in total. The van der Waals surface area contributed by atoms with Crippen LogP contribution in [0.2, 0.25) is 0 Å². The lowest BCUT2D eigenvalue weighted by Gasteiger charge is -2.41. The molecule has 3 heteroatoms. The molecule has 2 atom stereocenters. The Kier molecular flexibility index (Phi) is 3.27. The second kappa shape index (κ2) is 5.12. The molecule has 2 saturated carbocycles. The Hall–Kier alpha value is -0.930. The van der Waals surface area contributed by atoms with E-state index in [-0.39, 0.29) is 5.82 Å². The summed E-state index contributed by atoms with van der Waals surface area (Å²) >= 11 is 0. The summed E-state index contributed by atoms with van der Waals surface area (Å²) in [5, 5.41) is 3.76. The normalized spacial score (nSPS) is 31.4. The highest BCUT2D eigenvalue weighted by Gasteiger charge is 2.42. The molecule has 0 aromatic heterocycles. The number of nitrogens with zero attached hydrogens (tertiary/aromatic N) is 1. The molecular formula is C17H23FN2. The third-order valence-corrected chi connectivity index (χ3v) is 5.12. The summed E-state index contributed by atoms with van der Waals surface area (Å²) in [5.41, 5.74) is 1.12. The van der Waals surface area contributed by atoms with Crippen molar-refractivity contribution in [3.05, 3.63) is 35.6 Å². The minimum absolute atomic E-state index is 0.112. The summed E-state index contributed by atoms with van der Waals surface area (Å²) in [6.07, 6.45) is 5.53. The van der Waals surface area contributed by atoms with Crippen molar-refractivity contribution >= 4 is 0 Å². The molecule has 20 heavy (non-hydrogen) atoms. The summed E-state index contributed by atoms with van der Waals surface area (Å²) in [4.78, 5) is 2.62. The summed E-state index contributed by atoms with van der Waals surface area (Å²) in [6.45, 7) is 3.17. The van der Waals surface area contributed by atoms with Crippen LogP contribution in [0.5, 0.6) is 0 Å². The Balaban J connectivity index is 1.48. The van der Waals surface area contributed by atoms with Crippen molar-refractivity contribution < 1.29 is 4.39 Å². The van der Waals surface area contributed by atoms with Gasteiger partial charge in [0.25, 0.3) is 0 Å². The fourth-order valence-electron chi connectivity index (χ4n) is 3.67. The smallest absolute Gasteiger partial charge is 0.123 e. The number of hydrogen-bond acceptors (Lipinski definition) is 2. The minimum Gasteiger partial charge on any atom is -0.311 e. The Bertz CT molecular complexity index is 482. The van der Waals surface area contributed by atoms with Gasteiger partial charge < -0.3 is 5.32 Å². The van der Waals surface area contributed by atoms with Gasteiger partial charge in [0.15, 0.2) is 0 Å². The number of benzene rings is 1. The molecule has 1 heterocycles. The molecule has 4 rings (SSSR count). The highest BCUT2D eigenvalue weighted by atomic mass is 19.1. The van der Waals surface area contributed by atoms with Crippen LogP contribution >= 0.6 is 0 Å². The SMILES string of the molecule is Fc1cccc(CN2CC(C3CC3)NCC2C2CC2)c1. The van der Waals surface area contributed by atoms with Crippen LogP contribution in [0.3, 0.4) is 0 Å². The number of hydrogen-bond donors (Lipinski definition) is 1. The van der Waals surface area contributed by atoms with Gasteiger partial charge >= 0.3 is 0 Å². The van der Waals surface area contributed by atoms with Crippen LogP contribution in [0.25, 0.3) is 0 Å². The molecular weight excluding hydrogens is 251 g/mol. The lowest BCUT2D eigenvalue weighted by atomic mass is 10.0. The second-order valence-corrected chi connectivity index (χ2v) is 6.82. The predicted molar refractivity (Wildman–Crippen MR) is 77.8 cm³/mol. The third kappa shape index (κ3) is 2.75. The molecule has 1 saturated heterocycles. The molecule has 1 N–H and O–H groups in total. The average Bonchev–Trinajstić information content (AvgIpc) is 3.30. The van der Waals surface area contributed by atoms with Gasteiger partial charge in [0.2, 0.25) is 0 Å². The zero-order chi connectivity index (χ0) is 13.5. The van der Waals surface area contributed by atoms with E-state index in [4.69, 9.17) is 0 Å². The first-order chi connectivity index (χ1) is 9.79. The van der Waals surface area contributed by atoms with Gasteiger partial charge in [0.05, 0.1) is 0 Å². The monoisotopic (exact) mass is 274 g/mol. The Morgan fingerprint density at radius 2 is 1.95 bits per heavy atom. The number of rotatable bonds is 4. The third-order valence-electron chi connectivity index (χ3n) is 5.12. The van der Waals surface area contributed by atoms with Crippen molar-refractivity contribution in [2.75, 3.05) is 13.1 Å². The molecule has 3 aliphatic rings. The maximum Gasteiger partial charge on any atom is 0.123 e. The van der Waals surface area contributed by atoms with E-state index in [1.807, 2.05) is 6.07 Å². The van der Waals surface area contributed by atoms with Crippen molar-refractivity contribution in [1.29, 1.82) is 0 Å². The fourth-order valence-corrected chi connectivity index (χ4v) is 3.67. The summed E-state index contributed by atoms with van der Waals surface area (Å²) in [6, 6.07) is 8.44. The Morgan fingerprint density at radius 1 is 1.15 bits per heavy atom. The van der Waals surface area contributed by atoms with Gasteiger partial charge in [-0.15, -0.1) is 0 Å². The van der Waals surface area contributed by atoms with Gasteiger partial charge in [-0.1, -0.05) is 12.1 Å². The first-order valence-corrected chi connectivity index (χ1v) is 8.01. The summed E-state index contributed by atoms with van der Waals surface area (Å²) in [7, 11) is 0. The molecule has 0 amide bonds. The molecule has 1 aromatic carbocycles. The van der Waals surface area contributed by atoms with Crippen molar-refractivity contribution in [3.8, 4) is 0 Å². The van der Waals surface area contributed by atoms with Crippen LogP contribution in [-0.4, -0.2) is 30.1 Å². The van der Waals surface area contributed by atoms with Gasteiger partial charge in [0, 0.05) is 31.7 Å². The quantitative estimate of drug-likeness (QED) is 0.908. The number of nitrogens with one attached hydrogen (secondary N) is 1. The highest BCUT2D eigenvalue weighted by molar-refractivity contribution is 5.17. The average molecular weight is 274 g/mol. The molecule has 108 valence electrons. The molecule has 0 spiro atoms. The molecule has 0 radical (unpaired) electrons. The van der Waals surface area contributed by atoms with Gasteiger partial charge in [0.1, 0.15) is 5.82 Å².